The summed E-state index contributed by atoms with van der Waals surface area (Å²) >= 11 is 6.02. The van der Waals surface area contributed by atoms with Crippen LogP contribution in [0.25, 0.3) is 10.9 Å². The molecular formula is C10H11ClN4. The van der Waals surface area contributed by atoms with Crippen LogP contribution in [0.4, 0.5) is 5.82 Å². The van der Waals surface area contributed by atoms with E-state index in [1.165, 1.54) is 0 Å². The number of nitrogens with zero attached hydrogens (tertiary/aromatic N) is 2. The Hall–Kier alpha value is -1.52. The van der Waals surface area contributed by atoms with Crippen molar-refractivity contribution in [3.8, 4) is 0 Å². The summed E-state index contributed by atoms with van der Waals surface area (Å²) in [6, 6.07) is 5.47. The summed E-state index contributed by atoms with van der Waals surface area (Å²) < 4.78 is 1.60. The van der Waals surface area contributed by atoms with Crippen LogP contribution in [-0.2, 0) is 0 Å². The van der Waals surface area contributed by atoms with Gasteiger partial charge in [0, 0.05) is 0 Å². The maximum absolute atomic E-state index is 6.02. The van der Waals surface area contributed by atoms with Crippen LogP contribution in [0, 0.1) is 0 Å². The van der Waals surface area contributed by atoms with E-state index in [2.05, 4.69) is 11.7 Å². The third-order valence-electron chi connectivity index (χ3n) is 2.23. The van der Waals surface area contributed by atoms with E-state index in [9.17, 15) is 0 Å². The smallest absolute Gasteiger partial charge is 0.154 e. The molecule has 1 aromatic heterocycles. The number of benzene rings is 1. The van der Waals surface area contributed by atoms with Crippen molar-refractivity contribution in [2.24, 2.45) is 5.73 Å². The van der Waals surface area contributed by atoms with Gasteiger partial charge >= 0.3 is 0 Å². The molecule has 2 aromatic rings. The predicted octanol–water partition coefficient (Wildman–Crippen LogP) is 1.92. The van der Waals surface area contributed by atoms with Crippen LogP contribution < -0.4 is 11.5 Å². The van der Waals surface area contributed by atoms with Crippen LogP contribution in [0.2, 0.25) is 5.02 Å². The van der Waals surface area contributed by atoms with E-state index in [0.29, 0.717) is 10.8 Å². The Balaban J connectivity index is 2.78. The minimum Gasteiger partial charge on any atom is -0.382 e. The van der Waals surface area contributed by atoms with E-state index in [1.54, 1.807) is 16.8 Å². The highest BCUT2D eigenvalue weighted by molar-refractivity contribution is 6.36. The molecule has 15 heavy (non-hydrogen) atoms. The summed E-state index contributed by atoms with van der Waals surface area (Å²) in [5.74, 6) is 0.382. The number of hydrogen-bond acceptors (Lipinski definition) is 3. The summed E-state index contributed by atoms with van der Waals surface area (Å²) in [4.78, 5) is 0. The lowest BCUT2D eigenvalue weighted by Gasteiger charge is -2.07. The van der Waals surface area contributed by atoms with Crippen LogP contribution in [0.5, 0.6) is 0 Å². The molecule has 0 saturated heterocycles. The zero-order valence-corrected chi connectivity index (χ0v) is 8.78. The zero-order chi connectivity index (χ0) is 11.0. The van der Waals surface area contributed by atoms with Gasteiger partial charge in [0.05, 0.1) is 15.9 Å². The molecule has 0 saturated carbocycles. The first kappa shape index (κ1) is 10.0. The lowest BCUT2D eigenvalue weighted by Crippen LogP contribution is -2.17. The van der Waals surface area contributed by atoms with Crippen molar-refractivity contribution in [2.75, 3.05) is 5.73 Å². The molecule has 0 radical (unpaired) electrons. The molecule has 1 atom stereocenters. The summed E-state index contributed by atoms with van der Waals surface area (Å²) in [6.07, 6.45) is 1.19. The molecule has 4 N–H and O–H groups in total. The Kier molecular flexibility index (Phi) is 2.38. The molecule has 0 fully saturated rings. The van der Waals surface area contributed by atoms with Gasteiger partial charge < -0.3 is 11.5 Å². The lowest BCUT2D eigenvalue weighted by atomic mass is 10.2. The van der Waals surface area contributed by atoms with E-state index in [1.807, 2.05) is 12.1 Å². The fourth-order valence-corrected chi connectivity index (χ4v) is 1.77. The van der Waals surface area contributed by atoms with Gasteiger partial charge in [0.25, 0.3) is 0 Å². The normalized spacial score (nSPS) is 12.9. The van der Waals surface area contributed by atoms with Gasteiger partial charge in [-0.3, -0.25) is 0 Å². The van der Waals surface area contributed by atoms with Gasteiger partial charge in [-0.1, -0.05) is 30.3 Å². The quantitative estimate of drug-likeness (QED) is 0.763. The number of aromatic nitrogens is 2. The Morgan fingerprint density at radius 1 is 1.53 bits per heavy atom. The first-order valence-electron chi connectivity index (χ1n) is 4.45. The first-order valence-corrected chi connectivity index (χ1v) is 4.83. The Bertz CT molecular complexity index is 517. The molecular weight excluding hydrogens is 212 g/mol. The predicted molar refractivity (Wildman–Crippen MR) is 62.6 cm³/mol. The van der Waals surface area contributed by atoms with Crippen molar-refractivity contribution in [1.82, 2.24) is 9.78 Å². The number of nitrogen functional groups attached to an aromatic ring is 1. The molecule has 0 aliphatic heterocycles. The molecule has 1 heterocycles. The number of halogens is 1. The van der Waals surface area contributed by atoms with Crippen LogP contribution in [-0.4, -0.2) is 9.78 Å². The summed E-state index contributed by atoms with van der Waals surface area (Å²) in [6.45, 7) is 3.62. The minimum absolute atomic E-state index is 0.382. The second-order valence-corrected chi connectivity index (χ2v) is 3.60. The zero-order valence-electron chi connectivity index (χ0n) is 8.02. The number of anilines is 1. The van der Waals surface area contributed by atoms with Crippen LogP contribution >= 0.6 is 11.6 Å². The Labute approximate surface area is 92.1 Å². The third kappa shape index (κ3) is 1.48. The molecule has 0 aliphatic rings. The topological polar surface area (TPSA) is 69.9 Å². The fraction of sp³-hybridized carbons (Fsp3) is 0.100. The van der Waals surface area contributed by atoms with Crippen molar-refractivity contribution in [1.29, 1.82) is 0 Å². The number of rotatable bonds is 2. The van der Waals surface area contributed by atoms with Crippen molar-refractivity contribution >= 4 is 28.3 Å². The van der Waals surface area contributed by atoms with Crippen LogP contribution in [0.15, 0.2) is 30.9 Å². The second kappa shape index (κ2) is 3.56. The minimum atomic E-state index is -0.400. The molecule has 0 spiro atoms. The highest BCUT2D eigenvalue weighted by atomic mass is 35.5. The maximum atomic E-state index is 6.02. The van der Waals surface area contributed by atoms with Crippen molar-refractivity contribution < 1.29 is 0 Å². The summed E-state index contributed by atoms with van der Waals surface area (Å²) in [5.41, 5.74) is 12.4. The summed E-state index contributed by atoms with van der Waals surface area (Å²) in [5, 5.41) is 5.44. The lowest BCUT2D eigenvalue weighted by molar-refractivity contribution is 0.580. The van der Waals surface area contributed by atoms with Gasteiger partial charge in [0.15, 0.2) is 5.82 Å². The SMILES string of the molecule is C=CC(N)n1nc(N)c2c(Cl)cccc21. The number of hydrogen-bond donors (Lipinski definition) is 2. The fourth-order valence-electron chi connectivity index (χ4n) is 1.50. The van der Waals surface area contributed by atoms with Gasteiger partial charge in [0.1, 0.15) is 6.17 Å². The molecule has 0 aliphatic carbocycles. The molecule has 4 nitrogen and oxygen atoms in total. The van der Waals surface area contributed by atoms with Gasteiger partial charge in [0.2, 0.25) is 0 Å². The highest BCUT2D eigenvalue weighted by Crippen LogP contribution is 2.29. The van der Waals surface area contributed by atoms with E-state index >= 15 is 0 Å². The average Bonchev–Trinajstić information content (AvgIpc) is 2.56. The van der Waals surface area contributed by atoms with Crippen LogP contribution in [0.1, 0.15) is 6.17 Å². The second-order valence-electron chi connectivity index (χ2n) is 3.19. The maximum Gasteiger partial charge on any atom is 0.154 e. The standard InChI is InChI=1S/C10H11ClN4/c1-2-8(12)15-7-5-3-4-6(11)9(7)10(13)14-15/h2-5,8H,1,12H2,(H2,13,14). The number of fused-ring (bicyclic) bond motifs is 1. The van der Waals surface area contributed by atoms with E-state index in [-0.39, 0.29) is 0 Å². The third-order valence-corrected chi connectivity index (χ3v) is 2.55. The number of nitrogens with two attached hydrogens (primary N) is 2. The Morgan fingerprint density at radius 2 is 2.27 bits per heavy atom. The molecule has 0 bridgehead atoms. The van der Waals surface area contributed by atoms with E-state index in [0.717, 1.165) is 10.9 Å². The summed E-state index contributed by atoms with van der Waals surface area (Å²) in [7, 11) is 0. The molecule has 0 amide bonds. The van der Waals surface area contributed by atoms with Crippen LogP contribution in [0.3, 0.4) is 0 Å². The first-order chi connectivity index (χ1) is 7.15. The van der Waals surface area contributed by atoms with Gasteiger partial charge in [-0.2, -0.15) is 5.10 Å². The van der Waals surface area contributed by atoms with E-state index in [4.69, 9.17) is 23.1 Å². The molecule has 2 rings (SSSR count). The van der Waals surface area contributed by atoms with E-state index < -0.39 is 6.17 Å². The van der Waals surface area contributed by atoms with Gasteiger partial charge in [-0.15, -0.1) is 0 Å². The monoisotopic (exact) mass is 222 g/mol. The Morgan fingerprint density at radius 3 is 2.93 bits per heavy atom. The molecule has 5 heteroatoms. The molecule has 78 valence electrons. The van der Waals surface area contributed by atoms with Gasteiger partial charge in [-0.05, 0) is 12.1 Å². The average molecular weight is 223 g/mol. The van der Waals surface area contributed by atoms with Crippen molar-refractivity contribution in [3.05, 3.63) is 35.9 Å². The molecule has 1 aromatic carbocycles. The van der Waals surface area contributed by atoms with Crippen molar-refractivity contribution in [3.63, 3.8) is 0 Å². The largest absolute Gasteiger partial charge is 0.382 e. The highest BCUT2D eigenvalue weighted by Gasteiger charge is 2.13. The molecule has 1 unspecified atom stereocenters. The van der Waals surface area contributed by atoms with Crippen molar-refractivity contribution in [2.45, 2.75) is 6.17 Å². The van der Waals surface area contributed by atoms with Gasteiger partial charge in [-0.25, -0.2) is 4.68 Å².